The first kappa shape index (κ1) is 26.0. The summed E-state index contributed by atoms with van der Waals surface area (Å²) in [7, 11) is 1.73. The zero-order valence-corrected chi connectivity index (χ0v) is 22.6. The molecule has 8 nitrogen and oxygen atoms in total. The Morgan fingerprint density at radius 2 is 1.87 bits per heavy atom. The van der Waals surface area contributed by atoms with Gasteiger partial charge in [0.2, 0.25) is 11.8 Å². The number of amides is 2. The maximum Gasteiger partial charge on any atom is 0.228 e. The number of thiazole rings is 1. The van der Waals surface area contributed by atoms with E-state index >= 15 is 0 Å². The highest BCUT2D eigenvalue weighted by atomic mass is 32.1. The number of aliphatic imine (C=N–C) groups is 1. The van der Waals surface area contributed by atoms with Gasteiger partial charge in [-0.2, -0.15) is 5.10 Å². The van der Waals surface area contributed by atoms with Gasteiger partial charge in [-0.25, -0.2) is 9.67 Å². The van der Waals surface area contributed by atoms with Crippen molar-refractivity contribution in [3.05, 3.63) is 95.8 Å². The van der Waals surface area contributed by atoms with Gasteiger partial charge in [0.05, 0.1) is 34.1 Å². The van der Waals surface area contributed by atoms with E-state index in [1.54, 1.807) is 19.3 Å². The summed E-state index contributed by atoms with van der Waals surface area (Å²) in [5.74, 6) is -0.233. The van der Waals surface area contributed by atoms with E-state index in [9.17, 15) is 9.59 Å². The number of benzene rings is 2. The minimum absolute atomic E-state index is 0.0782. The van der Waals surface area contributed by atoms with Gasteiger partial charge < -0.3 is 10.6 Å². The summed E-state index contributed by atoms with van der Waals surface area (Å²) in [6.45, 7) is 5.34. The number of hydrogen-bond donors (Lipinski definition) is 2. The second-order valence-corrected chi connectivity index (χ2v) is 10.1. The molecule has 2 N–H and O–H groups in total. The molecule has 2 amide bonds. The summed E-state index contributed by atoms with van der Waals surface area (Å²) in [4.78, 5) is 34.1. The van der Waals surface area contributed by atoms with Crippen LogP contribution in [0.5, 0.6) is 0 Å². The number of fused-ring (bicyclic) bond motifs is 3. The molecule has 196 valence electrons. The first-order valence-corrected chi connectivity index (χ1v) is 13.4. The lowest BCUT2D eigenvalue weighted by molar-refractivity contribution is -0.116. The lowest BCUT2D eigenvalue weighted by Gasteiger charge is -2.14. The van der Waals surface area contributed by atoms with E-state index in [-0.39, 0.29) is 18.2 Å². The molecule has 2 aromatic heterocycles. The maximum absolute atomic E-state index is 12.6. The molecular formula is C30H28N6O2S. The molecule has 0 unspecified atom stereocenters. The highest BCUT2D eigenvalue weighted by Crippen LogP contribution is 2.43. The molecule has 0 atom stereocenters. The number of allylic oxidation sites excluding steroid dienone is 3. The van der Waals surface area contributed by atoms with Gasteiger partial charge in [0.15, 0.2) is 5.13 Å². The van der Waals surface area contributed by atoms with Crippen molar-refractivity contribution in [2.24, 2.45) is 4.99 Å². The van der Waals surface area contributed by atoms with Crippen LogP contribution in [0.3, 0.4) is 0 Å². The van der Waals surface area contributed by atoms with E-state index in [0.717, 1.165) is 62.9 Å². The van der Waals surface area contributed by atoms with Crippen molar-refractivity contribution in [2.45, 2.75) is 26.2 Å². The lowest BCUT2D eigenvalue weighted by atomic mass is 9.95. The normalized spacial score (nSPS) is 12.6. The standard InChI is InChI=1S/C30H28N6O2S/c1-4-8-21(18-31-3)27-24-15-16-25-29(39-30(34-25)32-19(2)37)28(24)36(35-27)23-13-11-20(12-14-23)17-26(38)33-22-9-6-5-7-10-22/h4-14,18H,1,15-17H2,2-3H3,(H,33,38)(H,32,34,37)/b21-8+,31-18?. The van der Waals surface area contributed by atoms with Crippen LogP contribution in [-0.2, 0) is 28.9 Å². The molecule has 1 aliphatic carbocycles. The number of para-hydroxylation sites is 1. The monoisotopic (exact) mass is 536 g/mol. The van der Waals surface area contributed by atoms with E-state index in [1.165, 1.54) is 18.3 Å². The van der Waals surface area contributed by atoms with Crippen molar-refractivity contribution < 1.29 is 9.59 Å². The summed E-state index contributed by atoms with van der Waals surface area (Å²) in [6.07, 6.45) is 7.18. The van der Waals surface area contributed by atoms with Crippen molar-refractivity contribution in [3.8, 4) is 16.3 Å². The van der Waals surface area contributed by atoms with E-state index in [0.29, 0.717) is 5.13 Å². The van der Waals surface area contributed by atoms with E-state index in [2.05, 4.69) is 27.2 Å². The molecule has 0 saturated carbocycles. The molecule has 0 saturated heterocycles. The average Bonchev–Trinajstić information content (AvgIpc) is 3.50. The van der Waals surface area contributed by atoms with Crippen LogP contribution in [0, 0.1) is 0 Å². The summed E-state index contributed by atoms with van der Waals surface area (Å²) in [5.41, 5.74) is 7.22. The van der Waals surface area contributed by atoms with Gasteiger partial charge >= 0.3 is 0 Å². The van der Waals surface area contributed by atoms with Gasteiger partial charge in [-0.15, -0.1) is 0 Å². The van der Waals surface area contributed by atoms with Crippen LogP contribution < -0.4 is 10.6 Å². The fourth-order valence-corrected chi connectivity index (χ4v) is 5.72. The number of nitrogens with zero attached hydrogens (tertiary/aromatic N) is 4. The molecule has 0 radical (unpaired) electrons. The first-order valence-electron chi connectivity index (χ1n) is 12.6. The number of nitrogens with one attached hydrogen (secondary N) is 2. The van der Waals surface area contributed by atoms with Crippen LogP contribution in [0.25, 0.3) is 21.8 Å². The van der Waals surface area contributed by atoms with E-state index < -0.39 is 0 Å². The highest BCUT2D eigenvalue weighted by Gasteiger charge is 2.30. The highest BCUT2D eigenvalue weighted by molar-refractivity contribution is 7.19. The SMILES string of the molecule is C=C/C=C(\C=NC)c1nn(-c2ccc(CC(=O)Nc3ccccc3)cc2)c2c1CCc1nc(NC(C)=O)sc1-2. The Morgan fingerprint density at radius 3 is 2.56 bits per heavy atom. The third-order valence-corrected chi connectivity index (χ3v) is 7.25. The summed E-state index contributed by atoms with van der Waals surface area (Å²) >= 11 is 1.45. The molecule has 0 aliphatic heterocycles. The quantitative estimate of drug-likeness (QED) is 0.229. The first-order chi connectivity index (χ1) is 19.0. The molecule has 0 fully saturated rings. The average molecular weight is 537 g/mol. The molecule has 5 rings (SSSR count). The Hall–Kier alpha value is -4.63. The Morgan fingerprint density at radius 1 is 1.10 bits per heavy atom. The van der Waals surface area contributed by atoms with E-state index in [1.807, 2.05) is 65.4 Å². The molecule has 9 heteroatoms. The fraction of sp³-hybridized carbons (Fsp3) is 0.167. The lowest BCUT2D eigenvalue weighted by Crippen LogP contribution is -2.14. The fourth-order valence-electron chi connectivity index (χ4n) is 4.61. The van der Waals surface area contributed by atoms with Crippen LogP contribution in [0.15, 0.2) is 78.3 Å². The van der Waals surface area contributed by atoms with Gasteiger partial charge in [0.1, 0.15) is 0 Å². The number of carbonyl (C=O) groups is 2. The van der Waals surface area contributed by atoms with Gasteiger partial charge in [-0.1, -0.05) is 60.4 Å². The molecule has 4 aromatic rings. The Labute approximate surface area is 230 Å². The molecule has 1 aliphatic rings. The smallest absolute Gasteiger partial charge is 0.228 e. The van der Waals surface area contributed by atoms with Crippen LogP contribution in [0.1, 0.15) is 29.4 Å². The summed E-state index contributed by atoms with van der Waals surface area (Å²) in [5, 5.41) is 11.4. The molecule has 0 spiro atoms. The van der Waals surface area contributed by atoms with Crippen LogP contribution in [0.2, 0.25) is 0 Å². The van der Waals surface area contributed by atoms with Crippen LogP contribution >= 0.6 is 11.3 Å². The zero-order valence-electron chi connectivity index (χ0n) is 21.8. The number of rotatable bonds is 8. The second-order valence-electron chi connectivity index (χ2n) is 9.07. The van der Waals surface area contributed by atoms with Crippen LogP contribution in [0.4, 0.5) is 10.8 Å². The van der Waals surface area contributed by atoms with Crippen molar-refractivity contribution in [3.63, 3.8) is 0 Å². The third-order valence-electron chi connectivity index (χ3n) is 6.23. The van der Waals surface area contributed by atoms with Crippen molar-refractivity contribution in [1.29, 1.82) is 0 Å². The molecule has 2 aromatic carbocycles. The predicted octanol–water partition coefficient (Wildman–Crippen LogP) is 5.50. The second kappa shape index (κ2) is 11.4. The minimum Gasteiger partial charge on any atom is -0.326 e. The summed E-state index contributed by atoms with van der Waals surface area (Å²) in [6, 6.07) is 17.2. The number of hydrogen-bond acceptors (Lipinski definition) is 6. The molecular weight excluding hydrogens is 508 g/mol. The topological polar surface area (TPSA) is 101 Å². The number of carbonyl (C=O) groups excluding carboxylic acids is 2. The summed E-state index contributed by atoms with van der Waals surface area (Å²) < 4.78 is 1.92. The van der Waals surface area contributed by atoms with Crippen molar-refractivity contribution in [2.75, 3.05) is 17.7 Å². The van der Waals surface area contributed by atoms with Crippen molar-refractivity contribution in [1.82, 2.24) is 14.8 Å². The Kier molecular flexibility index (Phi) is 7.60. The van der Waals surface area contributed by atoms with Gasteiger partial charge in [-0.3, -0.25) is 14.6 Å². The molecule has 0 bridgehead atoms. The Balaban J connectivity index is 1.52. The third kappa shape index (κ3) is 5.63. The minimum atomic E-state index is -0.155. The van der Waals surface area contributed by atoms with Crippen molar-refractivity contribution >= 4 is 45.8 Å². The van der Waals surface area contributed by atoms with E-state index in [4.69, 9.17) is 5.10 Å². The number of aryl methyl sites for hydroxylation is 1. The van der Waals surface area contributed by atoms with Gasteiger partial charge in [0, 0.05) is 37.0 Å². The van der Waals surface area contributed by atoms with Gasteiger partial charge in [-0.05, 0) is 42.7 Å². The van der Waals surface area contributed by atoms with Crippen LogP contribution in [-0.4, -0.2) is 39.8 Å². The molecule has 39 heavy (non-hydrogen) atoms. The predicted molar refractivity (Wildman–Crippen MR) is 158 cm³/mol. The van der Waals surface area contributed by atoms with Gasteiger partial charge in [0.25, 0.3) is 0 Å². The largest absolute Gasteiger partial charge is 0.326 e. The molecule has 2 heterocycles. The number of aromatic nitrogens is 3. The Bertz CT molecular complexity index is 1600. The number of anilines is 2. The maximum atomic E-state index is 12.6. The zero-order chi connectivity index (χ0) is 27.4.